The summed E-state index contributed by atoms with van der Waals surface area (Å²) in [7, 11) is 0. The molecule has 1 aromatic heterocycles. The van der Waals surface area contributed by atoms with E-state index in [2.05, 4.69) is 31.7 Å². The highest BCUT2D eigenvalue weighted by atomic mass is 79.9. The highest BCUT2D eigenvalue weighted by Crippen LogP contribution is 2.46. The lowest BCUT2D eigenvalue weighted by atomic mass is 9.97. The zero-order valence-electron chi connectivity index (χ0n) is 16.4. The maximum Gasteiger partial charge on any atom is 0.410 e. The lowest BCUT2D eigenvalue weighted by Gasteiger charge is -2.33. The van der Waals surface area contributed by atoms with Crippen LogP contribution in [0.4, 0.5) is 19.0 Å². The summed E-state index contributed by atoms with van der Waals surface area (Å²) < 4.78 is 42.6. The van der Waals surface area contributed by atoms with Gasteiger partial charge in [-0.2, -0.15) is 18.3 Å². The number of aromatic nitrogens is 2. The van der Waals surface area contributed by atoms with Crippen LogP contribution in [0.2, 0.25) is 0 Å². The van der Waals surface area contributed by atoms with Crippen molar-refractivity contribution in [1.82, 2.24) is 15.1 Å². The first-order chi connectivity index (χ1) is 14.8. The van der Waals surface area contributed by atoms with Crippen molar-refractivity contribution in [3.63, 3.8) is 0 Å². The molecule has 1 aliphatic rings. The van der Waals surface area contributed by atoms with E-state index in [1.807, 2.05) is 36.4 Å². The molecular formula is C22H20BrF3N4O. The van der Waals surface area contributed by atoms with Gasteiger partial charge in [-0.1, -0.05) is 60.7 Å². The van der Waals surface area contributed by atoms with E-state index in [1.165, 1.54) is 0 Å². The number of carbonyl (C=O) groups excluding carboxylic acids is 1. The highest BCUT2D eigenvalue weighted by Gasteiger charge is 2.47. The fourth-order valence-corrected chi connectivity index (χ4v) is 4.24. The number of hydrogen-bond acceptors (Lipinski definition) is 3. The van der Waals surface area contributed by atoms with Crippen molar-refractivity contribution in [1.29, 1.82) is 0 Å². The fourth-order valence-electron chi connectivity index (χ4n) is 3.69. The van der Waals surface area contributed by atoms with Crippen molar-refractivity contribution in [3.8, 4) is 0 Å². The molecule has 0 radical (unpaired) electrons. The van der Waals surface area contributed by atoms with Crippen molar-refractivity contribution in [3.05, 3.63) is 82.0 Å². The third-order valence-electron chi connectivity index (χ3n) is 5.25. The third kappa shape index (κ3) is 4.61. The number of carbonyl (C=O) groups is 1. The van der Waals surface area contributed by atoms with Crippen molar-refractivity contribution >= 4 is 27.7 Å². The summed E-state index contributed by atoms with van der Waals surface area (Å²) in [6.07, 6.45) is -4.11. The van der Waals surface area contributed by atoms with Crippen LogP contribution >= 0.6 is 15.9 Å². The van der Waals surface area contributed by atoms with Crippen LogP contribution < -0.4 is 10.6 Å². The minimum absolute atomic E-state index is 0.0708. The fraction of sp³-hybridized carbons (Fsp3) is 0.273. The molecule has 1 amide bonds. The maximum atomic E-state index is 13.8. The Balaban J connectivity index is 1.57. The van der Waals surface area contributed by atoms with Crippen LogP contribution in [0.15, 0.2) is 65.1 Å². The Morgan fingerprint density at radius 3 is 2.42 bits per heavy atom. The summed E-state index contributed by atoms with van der Waals surface area (Å²) in [5.74, 6) is -0.376. The van der Waals surface area contributed by atoms with E-state index in [4.69, 9.17) is 0 Å². The molecule has 0 spiro atoms. The molecule has 0 saturated heterocycles. The number of nitrogens with one attached hydrogen (secondary N) is 2. The molecule has 4 rings (SSSR count). The minimum Gasteiger partial charge on any atom is -0.362 e. The molecule has 0 aliphatic carbocycles. The molecule has 0 unspecified atom stereocenters. The van der Waals surface area contributed by atoms with Gasteiger partial charge in [0.2, 0.25) is 0 Å². The van der Waals surface area contributed by atoms with E-state index >= 15 is 0 Å². The molecule has 2 heterocycles. The zero-order valence-corrected chi connectivity index (χ0v) is 18.0. The van der Waals surface area contributed by atoms with E-state index in [9.17, 15) is 18.0 Å². The molecular weight excluding hydrogens is 473 g/mol. The summed E-state index contributed by atoms with van der Waals surface area (Å²) in [5.41, 5.74) is 1.72. The van der Waals surface area contributed by atoms with E-state index < -0.39 is 24.2 Å². The normalized spacial score (nSPS) is 18.2. The first kappa shape index (κ1) is 21.4. The number of anilines is 1. The molecule has 0 saturated carbocycles. The SMILES string of the molecule is O=C(NCCc1ccccc1)c1nn2c(c1Br)N[C@H](c1ccccc1)C[C@H]2C(F)(F)F. The van der Waals surface area contributed by atoms with Gasteiger partial charge in [-0.15, -0.1) is 0 Å². The van der Waals surface area contributed by atoms with Gasteiger partial charge in [-0.3, -0.25) is 4.79 Å². The highest BCUT2D eigenvalue weighted by molar-refractivity contribution is 9.10. The van der Waals surface area contributed by atoms with Crippen molar-refractivity contribution in [2.24, 2.45) is 0 Å². The largest absolute Gasteiger partial charge is 0.410 e. The Morgan fingerprint density at radius 2 is 1.77 bits per heavy atom. The summed E-state index contributed by atoms with van der Waals surface area (Å²) in [5, 5.41) is 9.88. The quantitative estimate of drug-likeness (QED) is 0.509. The maximum absolute atomic E-state index is 13.8. The average Bonchev–Trinajstić information content (AvgIpc) is 3.10. The van der Waals surface area contributed by atoms with E-state index in [0.717, 1.165) is 15.8 Å². The second-order valence-corrected chi connectivity index (χ2v) is 8.14. The minimum atomic E-state index is -4.50. The molecule has 2 atom stereocenters. The van der Waals surface area contributed by atoms with Gasteiger partial charge >= 0.3 is 6.18 Å². The summed E-state index contributed by atoms with van der Waals surface area (Å²) in [6, 6.07) is 16.2. The number of hydrogen-bond donors (Lipinski definition) is 2. The van der Waals surface area contributed by atoms with E-state index in [1.54, 1.807) is 24.3 Å². The second-order valence-electron chi connectivity index (χ2n) is 7.35. The molecule has 2 aromatic carbocycles. The molecule has 162 valence electrons. The Morgan fingerprint density at radius 1 is 1.13 bits per heavy atom. The number of halogens is 4. The van der Waals surface area contributed by atoms with Crippen molar-refractivity contribution < 1.29 is 18.0 Å². The van der Waals surface area contributed by atoms with Crippen LogP contribution in [0.5, 0.6) is 0 Å². The molecule has 0 bridgehead atoms. The van der Waals surface area contributed by atoms with Gasteiger partial charge in [-0.05, 0) is 33.5 Å². The number of fused-ring (bicyclic) bond motifs is 1. The first-order valence-electron chi connectivity index (χ1n) is 9.83. The van der Waals surface area contributed by atoms with E-state index in [0.29, 0.717) is 13.0 Å². The summed E-state index contributed by atoms with van der Waals surface area (Å²) in [6.45, 7) is 0.347. The van der Waals surface area contributed by atoms with E-state index in [-0.39, 0.29) is 22.4 Å². The molecule has 0 fully saturated rings. The van der Waals surface area contributed by atoms with Gasteiger partial charge in [0.05, 0.1) is 10.5 Å². The lowest BCUT2D eigenvalue weighted by molar-refractivity contribution is -0.173. The first-order valence-corrected chi connectivity index (χ1v) is 10.6. The van der Waals surface area contributed by atoms with Crippen LogP contribution in [-0.4, -0.2) is 28.4 Å². The van der Waals surface area contributed by atoms with Gasteiger partial charge in [-0.25, -0.2) is 4.68 Å². The molecule has 5 nitrogen and oxygen atoms in total. The lowest BCUT2D eigenvalue weighted by Crippen LogP contribution is -2.36. The van der Waals surface area contributed by atoms with Crippen LogP contribution in [0.1, 0.15) is 40.1 Å². The number of nitrogens with zero attached hydrogens (tertiary/aromatic N) is 2. The van der Waals surface area contributed by atoms with Gasteiger partial charge in [0.1, 0.15) is 5.82 Å². The van der Waals surface area contributed by atoms with Crippen molar-refractivity contribution in [2.45, 2.75) is 31.1 Å². The standard InChI is InChI=1S/C22H20BrF3N4O/c23-18-19(21(31)27-12-11-14-7-3-1-4-8-14)29-30-17(22(24,25)26)13-16(28-20(18)30)15-9-5-2-6-10-15/h1-10,16-17,28H,11-13H2,(H,27,31)/t16-,17-/m0/s1. The van der Waals surface area contributed by atoms with Crippen LogP contribution in [0.25, 0.3) is 0 Å². The van der Waals surface area contributed by atoms with Crippen LogP contribution in [-0.2, 0) is 6.42 Å². The summed E-state index contributed by atoms with van der Waals surface area (Å²) >= 11 is 3.29. The predicted molar refractivity (Wildman–Crippen MR) is 115 cm³/mol. The molecule has 9 heteroatoms. The number of benzene rings is 2. The number of rotatable bonds is 5. The van der Waals surface area contributed by atoms with Crippen LogP contribution in [0, 0.1) is 0 Å². The number of amides is 1. The predicted octanol–water partition coefficient (Wildman–Crippen LogP) is 5.28. The topological polar surface area (TPSA) is 59.0 Å². The van der Waals surface area contributed by atoms with Gasteiger partial charge < -0.3 is 10.6 Å². The van der Waals surface area contributed by atoms with Gasteiger partial charge in [0.25, 0.3) is 5.91 Å². The van der Waals surface area contributed by atoms with Crippen LogP contribution in [0.3, 0.4) is 0 Å². The smallest absolute Gasteiger partial charge is 0.362 e. The third-order valence-corrected chi connectivity index (χ3v) is 6.01. The monoisotopic (exact) mass is 492 g/mol. The van der Waals surface area contributed by atoms with Gasteiger partial charge in [0, 0.05) is 13.0 Å². The zero-order chi connectivity index (χ0) is 22.0. The Labute approximate surface area is 185 Å². The Kier molecular flexibility index (Phi) is 6.04. The summed E-state index contributed by atoms with van der Waals surface area (Å²) in [4.78, 5) is 12.7. The molecule has 3 aromatic rings. The van der Waals surface area contributed by atoms with Crippen molar-refractivity contribution in [2.75, 3.05) is 11.9 Å². The second kappa shape index (κ2) is 8.74. The molecule has 31 heavy (non-hydrogen) atoms. The Bertz CT molecular complexity index is 1050. The van der Waals surface area contributed by atoms with Gasteiger partial charge in [0.15, 0.2) is 11.7 Å². The molecule has 1 aliphatic heterocycles. The number of alkyl halides is 3. The molecule has 2 N–H and O–H groups in total. The average molecular weight is 493 g/mol. The Hall–Kier alpha value is -2.81.